The fraction of sp³-hybridized carbons (Fsp3) is 0.222. The molecule has 0 bridgehead atoms. The van der Waals surface area contributed by atoms with Gasteiger partial charge in [-0.2, -0.15) is 1.33 Å². The van der Waals surface area contributed by atoms with E-state index in [9.17, 15) is 4.79 Å². The Morgan fingerprint density at radius 2 is 1.76 bits per heavy atom. The molecule has 2 atom stereocenters. The number of rotatable bonds is 4. The van der Waals surface area contributed by atoms with Gasteiger partial charge in [0.2, 0.25) is 0 Å². The van der Waals surface area contributed by atoms with E-state index in [-0.39, 0.29) is 40.7 Å². The minimum Gasteiger partial charge on any atom is -1.00 e. The quantitative estimate of drug-likeness (QED) is 0.234. The topological polar surface area (TPSA) is 60.8 Å². The maximum Gasteiger partial charge on any atom is 1.00 e. The van der Waals surface area contributed by atoms with Crippen LogP contribution < -0.4 is 29.6 Å². The summed E-state index contributed by atoms with van der Waals surface area (Å²) in [5.74, 6) is -0.684. The van der Waals surface area contributed by atoms with Crippen molar-refractivity contribution in [2.75, 3.05) is 0 Å². The summed E-state index contributed by atoms with van der Waals surface area (Å²) < 4.78 is 1.44. The molecular formula is C9H9I3NNaO3. The van der Waals surface area contributed by atoms with E-state index >= 15 is 0 Å². The normalized spacial score (nSPS) is 13.9. The van der Waals surface area contributed by atoms with E-state index in [1.807, 2.05) is 45.7 Å². The van der Waals surface area contributed by atoms with Crippen LogP contribution in [0.3, 0.4) is 0 Å². The summed E-state index contributed by atoms with van der Waals surface area (Å²) in [6.07, 6.45) is 0. The van der Waals surface area contributed by atoms with Crippen molar-refractivity contribution in [3.8, 4) is 5.75 Å². The molecule has 0 saturated heterocycles. The zero-order chi connectivity index (χ0) is 12.3. The van der Waals surface area contributed by atoms with Crippen LogP contribution in [-0.2, 0) is 4.79 Å². The molecule has 0 aliphatic rings. The third-order valence-electron chi connectivity index (χ3n) is 1.95. The summed E-state index contributed by atoms with van der Waals surface area (Å²) in [7, 11) is 0. The Balaban J connectivity index is 0. The van der Waals surface area contributed by atoms with Gasteiger partial charge < -0.3 is 11.6 Å². The molecule has 0 spiro atoms. The first kappa shape index (κ1) is 18.6. The van der Waals surface area contributed by atoms with E-state index in [4.69, 9.17) is 10.2 Å². The van der Waals surface area contributed by atoms with Crippen molar-refractivity contribution in [1.82, 2.24) is 1.33 Å². The van der Waals surface area contributed by atoms with Crippen LogP contribution in [0.2, 0.25) is 0 Å². The van der Waals surface area contributed by atoms with Crippen molar-refractivity contribution in [1.29, 1.82) is 0 Å². The number of nitrogens with zero attached hydrogens (tertiary/aromatic N) is 1. The van der Waals surface area contributed by atoms with E-state index in [2.05, 4.69) is 22.6 Å². The van der Waals surface area contributed by atoms with E-state index < -0.39 is 12.0 Å². The second-order valence-corrected chi connectivity index (χ2v) is 8.30. The molecule has 0 saturated carbocycles. The predicted molar refractivity (Wildman–Crippen MR) is 87.3 cm³/mol. The van der Waals surface area contributed by atoms with Crippen molar-refractivity contribution < 1.29 is 46.0 Å². The standard InChI is InChI=1S/C9H8I3NO3.Na.H/c10-7(8(9(15)16)13(11)12)5-1-3-6(14)4-2-5;;/h1-4,7-8,14H,(H,15,16);;/q;+1;-1/t7?,8-;;/m0../s1. The van der Waals surface area contributed by atoms with Crippen LogP contribution in [0.25, 0.3) is 0 Å². The maximum atomic E-state index is 11.1. The van der Waals surface area contributed by atoms with Gasteiger partial charge in [0.25, 0.3) is 0 Å². The van der Waals surface area contributed by atoms with E-state index in [0.717, 1.165) is 5.56 Å². The molecule has 0 radical (unpaired) electrons. The van der Waals surface area contributed by atoms with Crippen LogP contribution in [0.15, 0.2) is 24.3 Å². The molecule has 0 aliphatic heterocycles. The summed E-state index contributed by atoms with van der Waals surface area (Å²) in [6, 6.07) is 5.99. The Kier molecular flexibility index (Phi) is 9.58. The molecule has 0 aromatic heterocycles. The molecule has 1 aromatic carbocycles. The van der Waals surface area contributed by atoms with E-state index in [0.29, 0.717) is 0 Å². The van der Waals surface area contributed by atoms with E-state index in [1.54, 1.807) is 25.6 Å². The van der Waals surface area contributed by atoms with Crippen LogP contribution in [0.5, 0.6) is 5.75 Å². The molecular weight excluding hydrogens is 574 g/mol. The van der Waals surface area contributed by atoms with Crippen LogP contribution in [0.4, 0.5) is 0 Å². The van der Waals surface area contributed by atoms with Gasteiger partial charge in [0.15, 0.2) is 0 Å². The zero-order valence-electron chi connectivity index (χ0n) is 9.85. The summed E-state index contributed by atoms with van der Waals surface area (Å²) in [4.78, 5) is 11.1. The molecule has 8 heteroatoms. The summed E-state index contributed by atoms with van der Waals surface area (Å²) in [5, 5.41) is 18.3. The number of aliphatic carboxylic acids is 1. The third-order valence-corrected chi connectivity index (χ3v) is 4.55. The Labute approximate surface area is 164 Å². The number of carboxylic acid groups (broad SMARTS) is 1. The number of alkyl halides is 1. The molecule has 17 heavy (non-hydrogen) atoms. The van der Waals surface area contributed by atoms with Crippen LogP contribution in [0.1, 0.15) is 10.9 Å². The largest absolute Gasteiger partial charge is 1.00 e. The Hall–Kier alpha value is 1.64. The van der Waals surface area contributed by atoms with Crippen molar-refractivity contribution in [3.63, 3.8) is 0 Å². The number of phenols is 1. The number of carbonyl (C=O) groups is 1. The van der Waals surface area contributed by atoms with E-state index in [1.165, 1.54) is 0 Å². The van der Waals surface area contributed by atoms with Crippen LogP contribution in [-0.4, -0.2) is 23.6 Å². The second kappa shape index (κ2) is 8.74. The van der Waals surface area contributed by atoms with Gasteiger partial charge in [-0.1, -0.05) is 34.7 Å². The number of halogens is 3. The first-order valence-electron chi connectivity index (χ1n) is 4.20. The molecule has 1 aromatic rings. The van der Waals surface area contributed by atoms with Gasteiger partial charge in [0.1, 0.15) is 11.8 Å². The average Bonchev–Trinajstić information content (AvgIpc) is 2.17. The third kappa shape index (κ3) is 5.65. The Bertz CT molecular complexity index is 380. The van der Waals surface area contributed by atoms with Crippen molar-refractivity contribution in [2.45, 2.75) is 9.97 Å². The summed E-state index contributed by atoms with van der Waals surface area (Å²) in [5.41, 5.74) is 0.879. The average molecular weight is 583 g/mol. The minimum absolute atomic E-state index is 0. The zero-order valence-corrected chi connectivity index (χ0v) is 17.3. The summed E-state index contributed by atoms with van der Waals surface area (Å²) >= 11 is 6.00. The smallest absolute Gasteiger partial charge is 1.00 e. The van der Waals surface area contributed by atoms with Crippen molar-refractivity contribution in [3.05, 3.63) is 29.8 Å². The Morgan fingerprint density at radius 1 is 1.29 bits per heavy atom. The first-order chi connectivity index (χ1) is 7.43. The van der Waals surface area contributed by atoms with Gasteiger partial charge in [-0.05, 0) is 17.7 Å². The van der Waals surface area contributed by atoms with Gasteiger partial charge in [-0.15, -0.1) is 0 Å². The van der Waals surface area contributed by atoms with Crippen LogP contribution >= 0.6 is 68.3 Å². The van der Waals surface area contributed by atoms with Crippen molar-refractivity contribution in [2.24, 2.45) is 0 Å². The summed E-state index contributed by atoms with van der Waals surface area (Å²) in [6.45, 7) is 0. The molecule has 0 aliphatic carbocycles. The van der Waals surface area contributed by atoms with Gasteiger partial charge in [-0.25, -0.2) is 0 Å². The fourth-order valence-corrected chi connectivity index (χ4v) is 4.54. The number of hydrogen-bond acceptors (Lipinski definition) is 3. The number of carboxylic acids is 1. The molecule has 0 heterocycles. The van der Waals surface area contributed by atoms with Crippen molar-refractivity contribution >= 4 is 74.3 Å². The molecule has 1 unspecified atom stereocenters. The number of benzene rings is 1. The van der Waals surface area contributed by atoms with Gasteiger partial charge >= 0.3 is 35.5 Å². The predicted octanol–water partition coefficient (Wildman–Crippen LogP) is 0.440. The van der Waals surface area contributed by atoms with Gasteiger partial charge in [0.05, 0.1) is 3.92 Å². The number of hydrogen-bond donors (Lipinski definition) is 2. The fourth-order valence-electron chi connectivity index (χ4n) is 1.15. The number of phenolic OH excluding ortho intramolecular Hbond substituents is 1. The first-order valence-corrected chi connectivity index (χ1v) is 7.37. The second-order valence-electron chi connectivity index (χ2n) is 3.04. The minimum atomic E-state index is -0.865. The molecule has 0 fully saturated rings. The van der Waals surface area contributed by atoms with Crippen LogP contribution in [0, 0.1) is 0 Å². The monoisotopic (exact) mass is 583 g/mol. The molecule has 0 amide bonds. The van der Waals surface area contributed by atoms with Gasteiger partial charge in [0, 0.05) is 45.7 Å². The Morgan fingerprint density at radius 3 is 2.12 bits per heavy atom. The molecule has 2 N–H and O–H groups in total. The molecule has 4 nitrogen and oxygen atoms in total. The maximum absolute atomic E-state index is 11.1. The van der Waals surface area contributed by atoms with Gasteiger partial charge in [-0.3, -0.25) is 4.79 Å². The number of aromatic hydroxyl groups is 1. The molecule has 90 valence electrons. The molecule has 1 rings (SSSR count). The SMILES string of the molecule is O=C(O)[C@H](C(I)c1ccc(O)cc1)N(I)I.[H-].[Na+].